The van der Waals surface area contributed by atoms with Gasteiger partial charge in [0.25, 0.3) is 0 Å². The maximum absolute atomic E-state index is 11.9. The number of nitriles is 1. The molecule has 1 aromatic rings. The first-order chi connectivity index (χ1) is 8.65. The molecule has 18 heavy (non-hydrogen) atoms. The van der Waals surface area contributed by atoms with E-state index in [1.807, 2.05) is 13.0 Å². The summed E-state index contributed by atoms with van der Waals surface area (Å²) in [6, 6.07) is 7.45. The van der Waals surface area contributed by atoms with E-state index in [9.17, 15) is 4.79 Å². The van der Waals surface area contributed by atoms with E-state index < -0.39 is 0 Å². The molecule has 0 bridgehead atoms. The second-order valence-electron chi connectivity index (χ2n) is 4.24. The smallest absolute Gasteiger partial charge is 0.228 e. The van der Waals surface area contributed by atoms with Crippen molar-refractivity contribution in [2.45, 2.75) is 18.6 Å². The molecule has 1 heterocycles. The van der Waals surface area contributed by atoms with Crippen molar-refractivity contribution in [3.8, 4) is 6.07 Å². The van der Waals surface area contributed by atoms with Crippen molar-refractivity contribution in [1.82, 2.24) is 0 Å². The number of benzene rings is 1. The van der Waals surface area contributed by atoms with Crippen LogP contribution < -0.4 is 10.2 Å². The molecule has 1 aliphatic rings. The largest absolute Gasteiger partial charge is 0.384 e. The standard InChI is InChI=1S/C13H15N3OS/c1-2-15-11-4-3-9(7-14)5-12(11)16-8-10(18)6-13(16)17/h3-5,10,15,18H,2,6,8H2,1H3. The SMILES string of the molecule is CCNc1ccc(C#N)cc1N1CC(S)CC1=O. The third-order valence-electron chi connectivity index (χ3n) is 2.89. The molecule has 5 heteroatoms. The van der Waals surface area contributed by atoms with Gasteiger partial charge in [0.15, 0.2) is 0 Å². The summed E-state index contributed by atoms with van der Waals surface area (Å²) in [5, 5.41) is 12.2. The van der Waals surface area contributed by atoms with E-state index in [-0.39, 0.29) is 11.2 Å². The second-order valence-corrected chi connectivity index (χ2v) is 4.97. The van der Waals surface area contributed by atoms with Crippen molar-refractivity contribution in [2.75, 3.05) is 23.3 Å². The molecule has 0 saturated carbocycles. The van der Waals surface area contributed by atoms with E-state index in [1.54, 1.807) is 17.0 Å². The highest BCUT2D eigenvalue weighted by molar-refractivity contribution is 7.81. The van der Waals surface area contributed by atoms with E-state index in [1.165, 1.54) is 0 Å². The fourth-order valence-corrected chi connectivity index (χ4v) is 2.41. The van der Waals surface area contributed by atoms with Crippen LogP contribution in [0.15, 0.2) is 18.2 Å². The number of carbonyl (C=O) groups is 1. The fraction of sp³-hybridized carbons (Fsp3) is 0.385. The maximum atomic E-state index is 11.9. The molecule has 2 rings (SSSR count). The lowest BCUT2D eigenvalue weighted by Gasteiger charge is -2.20. The molecule has 1 aromatic carbocycles. The lowest BCUT2D eigenvalue weighted by molar-refractivity contribution is -0.117. The molecule has 1 unspecified atom stereocenters. The Bertz CT molecular complexity index is 509. The topological polar surface area (TPSA) is 56.1 Å². The average molecular weight is 261 g/mol. The van der Waals surface area contributed by atoms with Gasteiger partial charge in [-0.25, -0.2) is 0 Å². The summed E-state index contributed by atoms with van der Waals surface area (Å²) in [5.41, 5.74) is 2.21. The summed E-state index contributed by atoms with van der Waals surface area (Å²) in [4.78, 5) is 13.6. The van der Waals surface area contributed by atoms with Crippen molar-refractivity contribution in [3.63, 3.8) is 0 Å². The highest BCUT2D eigenvalue weighted by Gasteiger charge is 2.29. The average Bonchev–Trinajstić information content (AvgIpc) is 2.69. The van der Waals surface area contributed by atoms with E-state index in [4.69, 9.17) is 5.26 Å². The summed E-state index contributed by atoms with van der Waals surface area (Å²) >= 11 is 4.35. The van der Waals surface area contributed by atoms with Gasteiger partial charge in [-0.05, 0) is 25.1 Å². The van der Waals surface area contributed by atoms with Crippen LogP contribution in [-0.4, -0.2) is 24.2 Å². The number of hydrogen-bond donors (Lipinski definition) is 2. The molecule has 1 fully saturated rings. The molecule has 1 amide bonds. The Hall–Kier alpha value is -1.67. The van der Waals surface area contributed by atoms with Crippen LogP contribution in [0.1, 0.15) is 18.9 Å². The Labute approximate surface area is 112 Å². The molecule has 0 aliphatic carbocycles. The van der Waals surface area contributed by atoms with Crippen molar-refractivity contribution < 1.29 is 4.79 Å². The third kappa shape index (κ3) is 2.44. The lowest BCUT2D eigenvalue weighted by Crippen LogP contribution is -2.25. The zero-order chi connectivity index (χ0) is 13.1. The Kier molecular flexibility index (Phi) is 3.78. The van der Waals surface area contributed by atoms with Crippen LogP contribution >= 0.6 is 12.6 Å². The van der Waals surface area contributed by atoms with Crippen LogP contribution in [0.2, 0.25) is 0 Å². The van der Waals surface area contributed by atoms with E-state index in [2.05, 4.69) is 24.0 Å². The Morgan fingerprint density at radius 2 is 2.39 bits per heavy atom. The van der Waals surface area contributed by atoms with Crippen molar-refractivity contribution >= 4 is 29.9 Å². The van der Waals surface area contributed by atoms with Gasteiger partial charge in [-0.1, -0.05) is 0 Å². The Morgan fingerprint density at radius 1 is 1.61 bits per heavy atom. The van der Waals surface area contributed by atoms with Crippen LogP contribution in [0.5, 0.6) is 0 Å². The van der Waals surface area contributed by atoms with Crippen LogP contribution in [0, 0.1) is 11.3 Å². The molecule has 0 radical (unpaired) electrons. The summed E-state index contributed by atoms with van der Waals surface area (Å²) < 4.78 is 0. The van der Waals surface area contributed by atoms with Gasteiger partial charge in [-0.2, -0.15) is 17.9 Å². The number of rotatable bonds is 3. The number of anilines is 2. The molecular weight excluding hydrogens is 246 g/mol. The van der Waals surface area contributed by atoms with E-state index in [0.29, 0.717) is 18.5 Å². The van der Waals surface area contributed by atoms with Crippen LogP contribution in [0.4, 0.5) is 11.4 Å². The maximum Gasteiger partial charge on any atom is 0.228 e. The Balaban J connectivity index is 2.40. The van der Waals surface area contributed by atoms with Crippen molar-refractivity contribution in [1.29, 1.82) is 5.26 Å². The van der Waals surface area contributed by atoms with Gasteiger partial charge in [0.05, 0.1) is 23.0 Å². The zero-order valence-electron chi connectivity index (χ0n) is 10.2. The molecule has 94 valence electrons. The van der Waals surface area contributed by atoms with Gasteiger partial charge in [-0.15, -0.1) is 0 Å². The molecule has 4 nitrogen and oxygen atoms in total. The minimum atomic E-state index is 0.0595. The predicted molar refractivity (Wildman–Crippen MR) is 75.1 cm³/mol. The minimum Gasteiger partial charge on any atom is -0.384 e. The highest BCUT2D eigenvalue weighted by atomic mass is 32.1. The number of nitrogens with one attached hydrogen (secondary N) is 1. The Morgan fingerprint density at radius 3 is 2.94 bits per heavy atom. The molecule has 0 spiro atoms. The van der Waals surface area contributed by atoms with Crippen molar-refractivity contribution in [2.24, 2.45) is 0 Å². The first-order valence-electron chi connectivity index (χ1n) is 5.92. The fourth-order valence-electron chi connectivity index (χ4n) is 2.09. The normalized spacial score (nSPS) is 18.8. The summed E-state index contributed by atoms with van der Waals surface area (Å²) in [6.45, 7) is 3.36. The molecule has 1 aliphatic heterocycles. The van der Waals surface area contributed by atoms with Crippen LogP contribution in [0.3, 0.4) is 0 Å². The van der Waals surface area contributed by atoms with E-state index >= 15 is 0 Å². The number of hydrogen-bond acceptors (Lipinski definition) is 4. The summed E-state index contributed by atoms with van der Waals surface area (Å²) in [6.07, 6.45) is 0.450. The van der Waals surface area contributed by atoms with Gasteiger partial charge >= 0.3 is 0 Å². The van der Waals surface area contributed by atoms with Gasteiger partial charge < -0.3 is 10.2 Å². The number of thiol groups is 1. The van der Waals surface area contributed by atoms with Gasteiger partial charge in [0.2, 0.25) is 5.91 Å². The van der Waals surface area contributed by atoms with E-state index in [0.717, 1.165) is 17.9 Å². The first-order valence-corrected chi connectivity index (χ1v) is 6.43. The second kappa shape index (κ2) is 5.32. The molecule has 0 aromatic heterocycles. The molecular formula is C13H15N3OS. The van der Waals surface area contributed by atoms with Gasteiger partial charge in [0, 0.05) is 24.8 Å². The number of carbonyl (C=O) groups excluding carboxylic acids is 1. The molecule has 1 saturated heterocycles. The highest BCUT2D eigenvalue weighted by Crippen LogP contribution is 2.31. The van der Waals surface area contributed by atoms with Crippen LogP contribution in [0.25, 0.3) is 0 Å². The summed E-state index contributed by atoms with van der Waals surface area (Å²) in [5.74, 6) is 0.0595. The molecule has 1 N–H and O–H groups in total. The van der Waals surface area contributed by atoms with Crippen LogP contribution in [-0.2, 0) is 4.79 Å². The monoisotopic (exact) mass is 261 g/mol. The number of nitrogens with zero attached hydrogens (tertiary/aromatic N) is 2. The third-order valence-corrected chi connectivity index (χ3v) is 3.24. The van der Waals surface area contributed by atoms with Gasteiger partial charge in [0.1, 0.15) is 0 Å². The van der Waals surface area contributed by atoms with Gasteiger partial charge in [-0.3, -0.25) is 4.79 Å². The number of amides is 1. The summed E-state index contributed by atoms with van der Waals surface area (Å²) in [7, 11) is 0. The lowest BCUT2D eigenvalue weighted by atomic mass is 10.1. The first kappa shape index (κ1) is 12.8. The van der Waals surface area contributed by atoms with Crippen molar-refractivity contribution in [3.05, 3.63) is 23.8 Å². The molecule has 1 atom stereocenters. The zero-order valence-corrected chi connectivity index (χ0v) is 11.1. The predicted octanol–water partition coefficient (Wildman–Crippen LogP) is 2.03. The quantitative estimate of drug-likeness (QED) is 0.819. The minimum absolute atomic E-state index is 0.0595.